The van der Waals surface area contributed by atoms with E-state index in [9.17, 15) is 4.79 Å². The van der Waals surface area contributed by atoms with Crippen LogP contribution in [0, 0.1) is 5.41 Å². The fourth-order valence-electron chi connectivity index (χ4n) is 3.86. The molecule has 3 fully saturated rings. The van der Waals surface area contributed by atoms with Gasteiger partial charge in [0.2, 0.25) is 0 Å². The van der Waals surface area contributed by atoms with Crippen molar-refractivity contribution in [3.8, 4) is 0 Å². The van der Waals surface area contributed by atoms with E-state index in [2.05, 4.69) is 0 Å². The summed E-state index contributed by atoms with van der Waals surface area (Å²) in [6.07, 6.45) is 10.4. The Hall–Kier alpha value is -0.370. The highest BCUT2D eigenvalue weighted by molar-refractivity contribution is 5.87. The monoisotopic (exact) mass is 208 g/mol. The maximum atomic E-state index is 11.9. The molecular weight excluding hydrogens is 188 g/mol. The minimum atomic E-state index is -0.0443. The van der Waals surface area contributed by atoms with E-state index in [0.29, 0.717) is 5.78 Å². The quantitative estimate of drug-likeness (QED) is 0.612. The van der Waals surface area contributed by atoms with Crippen molar-refractivity contribution in [2.24, 2.45) is 5.41 Å². The summed E-state index contributed by atoms with van der Waals surface area (Å²) >= 11 is 0. The molecule has 0 aromatic heterocycles. The Balaban J connectivity index is 1.79. The molecule has 2 heteroatoms. The number of carbonyl (C=O) groups is 1. The lowest BCUT2D eigenvalue weighted by atomic mass is 9.73. The lowest BCUT2D eigenvalue weighted by molar-refractivity contribution is -0.125. The maximum Gasteiger partial charge on any atom is 0.141 e. The van der Waals surface area contributed by atoms with E-state index in [1.165, 1.54) is 32.1 Å². The zero-order valence-corrected chi connectivity index (χ0v) is 9.39. The fraction of sp³-hybridized carbons (Fsp3) is 0.923. The standard InChI is InChI=1S/C13H20O2/c14-11-5-4-6-12(11)9-13(15-10-12)7-2-1-3-8-13/h1-10H2/t12-/m1/s1. The molecular formula is C13H20O2. The Kier molecular flexibility index (Phi) is 2.17. The highest BCUT2D eigenvalue weighted by Crippen LogP contribution is 2.52. The highest BCUT2D eigenvalue weighted by Gasteiger charge is 2.54. The number of carbonyl (C=O) groups excluding carboxylic acids is 1. The normalized spacial score (nSPS) is 39.3. The van der Waals surface area contributed by atoms with Crippen LogP contribution < -0.4 is 0 Å². The van der Waals surface area contributed by atoms with Crippen LogP contribution in [-0.2, 0) is 9.53 Å². The van der Waals surface area contributed by atoms with Gasteiger partial charge in [-0.15, -0.1) is 0 Å². The minimum absolute atomic E-state index is 0.0443. The van der Waals surface area contributed by atoms with Crippen LogP contribution in [0.2, 0.25) is 0 Å². The van der Waals surface area contributed by atoms with Crippen molar-refractivity contribution in [3.05, 3.63) is 0 Å². The third-order valence-electron chi connectivity index (χ3n) is 4.73. The largest absolute Gasteiger partial charge is 0.374 e. The number of Topliss-reactive ketones (excluding diaryl/α,β-unsaturated/α-hetero) is 1. The first-order valence-electron chi connectivity index (χ1n) is 6.42. The summed E-state index contributed by atoms with van der Waals surface area (Å²) in [5, 5.41) is 0. The van der Waals surface area contributed by atoms with Gasteiger partial charge in [0.1, 0.15) is 5.78 Å². The van der Waals surface area contributed by atoms with Gasteiger partial charge < -0.3 is 4.74 Å². The summed E-state index contributed by atoms with van der Waals surface area (Å²) in [6.45, 7) is 0.728. The molecule has 0 amide bonds. The molecule has 84 valence electrons. The topological polar surface area (TPSA) is 26.3 Å². The van der Waals surface area contributed by atoms with Gasteiger partial charge >= 0.3 is 0 Å². The Morgan fingerprint density at radius 1 is 1.00 bits per heavy atom. The third-order valence-corrected chi connectivity index (χ3v) is 4.73. The molecule has 3 aliphatic rings. The zero-order valence-electron chi connectivity index (χ0n) is 9.39. The van der Waals surface area contributed by atoms with Crippen molar-refractivity contribution in [1.29, 1.82) is 0 Å². The molecule has 2 aliphatic carbocycles. The van der Waals surface area contributed by atoms with Gasteiger partial charge in [-0.3, -0.25) is 4.79 Å². The van der Waals surface area contributed by atoms with E-state index in [1.807, 2.05) is 0 Å². The van der Waals surface area contributed by atoms with Crippen LogP contribution >= 0.6 is 0 Å². The zero-order chi connectivity index (χ0) is 10.4. The Bertz CT molecular complexity index is 278. The van der Waals surface area contributed by atoms with Crippen LogP contribution in [-0.4, -0.2) is 18.0 Å². The van der Waals surface area contributed by atoms with Crippen molar-refractivity contribution in [2.45, 2.75) is 63.4 Å². The van der Waals surface area contributed by atoms with Crippen molar-refractivity contribution in [2.75, 3.05) is 6.61 Å². The molecule has 1 heterocycles. The number of ether oxygens (including phenoxy) is 1. The molecule has 0 radical (unpaired) electrons. The summed E-state index contributed by atoms with van der Waals surface area (Å²) < 4.78 is 6.07. The first kappa shape index (κ1) is 9.83. The van der Waals surface area contributed by atoms with Gasteiger partial charge in [0, 0.05) is 6.42 Å². The van der Waals surface area contributed by atoms with Gasteiger partial charge in [0.15, 0.2) is 0 Å². The summed E-state index contributed by atoms with van der Waals surface area (Å²) in [6, 6.07) is 0. The van der Waals surface area contributed by atoms with Gasteiger partial charge in [-0.1, -0.05) is 19.3 Å². The first-order valence-corrected chi connectivity index (χ1v) is 6.42. The molecule has 2 spiro atoms. The summed E-state index contributed by atoms with van der Waals surface area (Å²) in [4.78, 5) is 11.9. The molecule has 0 N–H and O–H groups in total. The number of hydrogen-bond acceptors (Lipinski definition) is 2. The van der Waals surface area contributed by atoms with Crippen LogP contribution in [0.15, 0.2) is 0 Å². The maximum absolute atomic E-state index is 11.9. The molecule has 0 unspecified atom stereocenters. The SMILES string of the molecule is O=C1CCC[C@@]12COC1(CCCCC1)C2. The lowest BCUT2D eigenvalue weighted by Gasteiger charge is -2.33. The minimum Gasteiger partial charge on any atom is -0.374 e. The molecule has 15 heavy (non-hydrogen) atoms. The van der Waals surface area contributed by atoms with E-state index < -0.39 is 0 Å². The molecule has 0 bridgehead atoms. The van der Waals surface area contributed by atoms with E-state index in [-0.39, 0.29) is 11.0 Å². The number of ketones is 1. The second-order valence-electron chi connectivity index (χ2n) is 5.77. The van der Waals surface area contributed by atoms with Gasteiger partial charge in [0.25, 0.3) is 0 Å². The van der Waals surface area contributed by atoms with Crippen LogP contribution in [0.5, 0.6) is 0 Å². The molecule has 0 aromatic rings. The molecule has 3 rings (SSSR count). The average Bonchev–Trinajstić information content (AvgIpc) is 2.76. The first-order chi connectivity index (χ1) is 7.25. The molecule has 1 atom stereocenters. The average molecular weight is 208 g/mol. The summed E-state index contributed by atoms with van der Waals surface area (Å²) in [7, 11) is 0. The van der Waals surface area contributed by atoms with Crippen molar-refractivity contribution >= 4 is 5.78 Å². The van der Waals surface area contributed by atoms with Crippen molar-refractivity contribution in [1.82, 2.24) is 0 Å². The third kappa shape index (κ3) is 1.45. The predicted octanol–water partition coefficient (Wildman–Crippen LogP) is 2.85. The molecule has 1 saturated heterocycles. The Morgan fingerprint density at radius 3 is 2.47 bits per heavy atom. The Labute approximate surface area is 91.4 Å². The van der Waals surface area contributed by atoms with Crippen molar-refractivity contribution in [3.63, 3.8) is 0 Å². The van der Waals surface area contributed by atoms with E-state index in [4.69, 9.17) is 4.74 Å². The van der Waals surface area contributed by atoms with E-state index >= 15 is 0 Å². The number of rotatable bonds is 0. The van der Waals surface area contributed by atoms with Gasteiger partial charge in [-0.05, 0) is 32.1 Å². The second-order valence-corrected chi connectivity index (χ2v) is 5.77. The molecule has 2 saturated carbocycles. The highest BCUT2D eigenvalue weighted by atomic mass is 16.5. The van der Waals surface area contributed by atoms with E-state index in [1.54, 1.807) is 0 Å². The summed E-state index contributed by atoms with van der Waals surface area (Å²) in [5.74, 6) is 0.491. The second kappa shape index (κ2) is 3.31. The van der Waals surface area contributed by atoms with Gasteiger partial charge in [-0.2, -0.15) is 0 Å². The van der Waals surface area contributed by atoms with Gasteiger partial charge in [-0.25, -0.2) is 0 Å². The number of hydrogen-bond donors (Lipinski definition) is 0. The van der Waals surface area contributed by atoms with Gasteiger partial charge in [0.05, 0.1) is 17.6 Å². The Morgan fingerprint density at radius 2 is 1.80 bits per heavy atom. The molecule has 0 aromatic carbocycles. The smallest absolute Gasteiger partial charge is 0.141 e. The fourth-order valence-corrected chi connectivity index (χ4v) is 3.86. The lowest BCUT2D eigenvalue weighted by Crippen LogP contribution is -2.33. The van der Waals surface area contributed by atoms with E-state index in [0.717, 1.165) is 32.3 Å². The van der Waals surface area contributed by atoms with Crippen LogP contribution in [0.1, 0.15) is 57.8 Å². The molecule has 2 nitrogen and oxygen atoms in total. The summed E-state index contributed by atoms with van der Waals surface area (Å²) in [5.41, 5.74) is 0.0651. The predicted molar refractivity (Wildman–Crippen MR) is 57.7 cm³/mol. The van der Waals surface area contributed by atoms with Crippen LogP contribution in [0.4, 0.5) is 0 Å². The van der Waals surface area contributed by atoms with Crippen LogP contribution in [0.25, 0.3) is 0 Å². The van der Waals surface area contributed by atoms with Crippen molar-refractivity contribution < 1.29 is 9.53 Å². The molecule has 1 aliphatic heterocycles. The van der Waals surface area contributed by atoms with Crippen LogP contribution in [0.3, 0.4) is 0 Å².